The molecule has 0 amide bonds. The van der Waals surface area contributed by atoms with Crippen molar-refractivity contribution in [3.8, 4) is 22.6 Å². The van der Waals surface area contributed by atoms with Crippen molar-refractivity contribution in [2.24, 2.45) is 0 Å². The van der Waals surface area contributed by atoms with Gasteiger partial charge in [0.2, 0.25) is 0 Å². The first kappa shape index (κ1) is 15.7. The Balaban J connectivity index is 2.51. The van der Waals surface area contributed by atoms with Crippen LogP contribution in [0.1, 0.15) is 10.4 Å². The van der Waals surface area contributed by atoms with Crippen LogP contribution in [0.25, 0.3) is 11.1 Å². The van der Waals surface area contributed by atoms with Gasteiger partial charge in [-0.15, -0.1) is 13.2 Å². The van der Waals surface area contributed by atoms with Crippen molar-refractivity contribution in [2.75, 3.05) is 7.11 Å². The lowest BCUT2D eigenvalue weighted by Gasteiger charge is -2.14. The number of hydrogen-bond donors (Lipinski definition) is 1. The number of alkyl halides is 3. The third kappa shape index (κ3) is 3.49. The minimum Gasteiger partial charge on any atom is -0.496 e. The van der Waals surface area contributed by atoms with E-state index in [-0.39, 0.29) is 22.6 Å². The Bertz CT molecular complexity index is 695. The van der Waals surface area contributed by atoms with Crippen LogP contribution in [-0.4, -0.2) is 24.5 Å². The molecule has 1 N–H and O–H groups in total. The molecule has 0 saturated carbocycles. The lowest BCUT2D eigenvalue weighted by atomic mass is 10.0. The second-order valence-corrected chi connectivity index (χ2v) is 4.26. The molecule has 0 bridgehead atoms. The van der Waals surface area contributed by atoms with E-state index in [0.717, 1.165) is 0 Å². The first-order valence-electron chi connectivity index (χ1n) is 6.08. The van der Waals surface area contributed by atoms with E-state index < -0.39 is 12.3 Å². The van der Waals surface area contributed by atoms with Crippen molar-refractivity contribution in [3.63, 3.8) is 0 Å². The van der Waals surface area contributed by atoms with Crippen LogP contribution in [0.5, 0.6) is 11.5 Å². The summed E-state index contributed by atoms with van der Waals surface area (Å²) in [5.41, 5.74) is 0.442. The zero-order valence-corrected chi connectivity index (χ0v) is 11.3. The molecule has 7 heteroatoms. The van der Waals surface area contributed by atoms with E-state index in [1.165, 1.54) is 43.5 Å². The highest BCUT2D eigenvalue weighted by Crippen LogP contribution is 2.35. The van der Waals surface area contributed by atoms with Crippen LogP contribution in [0.4, 0.5) is 13.2 Å². The van der Waals surface area contributed by atoms with E-state index in [2.05, 4.69) is 4.74 Å². The molecule has 0 aliphatic heterocycles. The fourth-order valence-corrected chi connectivity index (χ4v) is 1.95. The average molecular weight is 312 g/mol. The number of aromatic carboxylic acids is 1. The van der Waals surface area contributed by atoms with Crippen molar-refractivity contribution < 1.29 is 32.5 Å². The number of carbonyl (C=O) groups is 1. The molecule has 22 heavy (non-hydrogen) atoms. The molecular formula is C15H11F3O4. The summed E-state index contributed by atoms with van der Waals surface area (Å²) in [5.74, 6) is -1.52. The Morgan fingerprint density at radius 2 is 1.77 bits per heavy atom. The van der Waals surface area contributed by atoms with E-state index in [1.54, 1.807) is 6.07 Å². The summed E-state index contributed by atoms with van der Waals surface area (Å²) in [6.07, 6.45) is -4.82. The number of ether oxygens (including phenoxy) is 2. The van der Waals surface area contributed by atoms with Crippen LogP contribution in [0, 0.1) is 0 Å². The first-order chi connectivity index (χ1) is 10.3. The van der Waals surface area contributed by atoms with Crippen LogP contribution in [0.2, 0.25) is 0 Å². The molecule has 2 rings (SSSR count). The van der Waals surface area contributed by atoms with E-state index in [1.807, 2.05) is 0 Å². The number of rotatable bonds is 4. The molecule has 0 heterocycles. The average Bonchev–Trinajstić information content (AvgIpc) is 2.45. The lowest BCUT2D eigenvalue weighted by molar-refractivity contribution is -0.274. The molecule has 0 aromatic heterocycles. The predicted molar refractivity (Wildman–Crippen MR) is 72.1 cm³/mol. The number of methoxy groups -OCH3 is 1. The molecule has 0 saturated heterocycles. The van der Waals surface area contributed by atoms with Gasteiger partial charge in [0.05, 0.1) is 7.11 Å². The minimum absolute atomic E-state index is 0.0480. The fourth-order valence-electron chi connectivity index (χ4n) is 1.95. The smallest absolute Gasteiger partial charge is 0.496 e. The molecule has 2 aromatic rings. The summed E-state index contributed by atoms with van der Waals surface area (Å²) < 4.78 is 46.2. The van der Waals surface area contributed by atoms with Gasteiger partial charge in [0.25, 0.3) is 0 Å². The molecule has 4 nitrogen and oxygen atoms in total. The van der Waals surface area contributed by atoms with Gasteiger partial charge in [-0.2, -0.15) is 0 Å². The number of benzene rings is 2. The Hall–Kier alpha value is -2.70. The molecule has 0 unspecified atom stereocenters. The Morgan fingerprint density at radius 3 is 2.36 bits per heavy atom. The normalized spacial score (nSPS) is 11.1. The second kappa shape index (κ2) is 5.97. The van der Waals surface area contributed by atoms with Crippen molar-refractivity contribution in [1.29, 1.82) is 0 Å². The maximum Gasteiger partial charge on any atom is 0.573 e. The lowest BCUT2D eigenvalue weighted by Crippen LogP contribution is -2.17. The molecule has 116 valence electrons. The molecular weight excluding hydrogens is 301 g/mol. The van der Waals surface area contributed by atoms with Crippen molar-refractivity contribution in [1.82, 2.24) is 0 Å². The standard InChI is InChI=1S/C15H11F3O4/c1-21-13-8-9(6-7-11(13)14(19)20)10-4-2-3-5-12(10)22-15(16,17)18/h2-8H,1H3,(H,19,20). The summed E-state index contributed by atoms with van der Waals surface area (Å²) in [7, 11) is 1.28. The Morgan fingerprint density at radius 1 is 1.09 bits per heavy atom. The Labute approximate surface area is 123 Å². The second-order valence-electron chi connectivity index (χ2n) is 4.26. The number of carboxylic acids is 1. The van der Waals surface area contributed by atoms with Crippen molar-refractivity contribution in [2.45, 2.75) is 6.36 Å². The largest absolute Gasteiger partial charge is 0.573 e. The first-order valence-corrected chi connectivity index (χ1v) is 6.08. The topological polar surface area (TPSA) is 55.8 Å². The van der Waals surface area contributed by atoms with E-state index >= 15 is 0 Å². The summed E-state index contributed by atoms with van der Waals surface area (Å²) >= 11 is 0. The monoisotopic (exact) mass is 312 g/mol. The summed E-state index contributed by atoms with van der Waals surface area (Å²) in [5, 5.41) is 9.01. The van der Waals surface area contributed by atoms with E-state index in [4.69, 9.17) is 9.84 Å². The van der Waals surface area contributed by atoms with Gasteiger partial charge in [-0.3, -0.25) is 0 Å². The summed E-state index contributed by atoms with van der Waals surface area (Å²) in [6, 6.07) is 9.59. The maximum absolute atomic E-state index is 12.4. The minimum atomic E-state index is -4.82. The highest BCUT2D eigenvalue weighted by Gasteiger charge is 2.32. The van der Waals surface area contributed by atoms with Crippen LogP contribution >= 0.6 is 0 Å². The van der Waals surface area contributed by atoms with Gasteiger partial charge < -0.3 is 14.6 Å². The molecule has 0 fully saturated rings. The molecule has 0 spiro atoms. The van der Waals surface area contributed by atoms with Gasteiger partial charge in [0.1, 0.15) is 17.1 Å². The van der Waals surface area contributed by atoms with Gasteiger partial charge in [0.15, 0.2) is 0 Å². The predicted octanol–water partition coefficient (Wildman–Crippen LogP) is 3.96. The van der Waals surface area contributed by atoms with Gasteiger partial charge in [-0.1, -0.05) is 24.3 Å². The van der Waals surface area contributed by atoms with Crippen LogP contribution in [0.15, 0.2) is 42.5 Å². The molecule has 0 aliphatic carbocycles. The quantitative estimate of drug-likeness (QED) is 0.928. The van der Waals surface area contributed by atoms with E-state index in [9.17, 15) is 18.0 Å². The molecule has 2 aromatic carbocycles. The highest BCUT2D eigenvalue weighted by atomic mass is 19.4. The highest BCUT2D eigenvalue weighted by molar-refractivity contribution is 5.92. The third-order valence-corrected chi connectivity index (χ3v) is 2.86. The van der Waals surface area contributed by atoms with Gasteiger partial charge in [-0.05, 0) is 23.8 Å². The van der Waals surface area contributed by atoms with Crippen LogP contribution in [-0.2, 0) is 0 Å². The van der Waals surface area contributed by atoms with Crippen LogP contribution in [0.3, 0.4) is 0 Å². The van der Waals surface area contributed by atoms with Crippen LogP contribution < -0.4 is 9.47 Å². The third-order valence-electron chi connectivity index (χ3n) is 2.86. The van der Waals surface area contributed by atoms with Crippen molar-refractivity contribution >= 4 is 5.97 Å². The van der Waals surface area contributed by atoms with Crippen molar-refractivity contribution in [3.05, 3.63) is 48.0 Å². The number of para-hydroxylation sites is 1. The fraction of sp³-hybridized carbons (Fsp3) is 0.133. The number of carboxylic acid groups (broad SMARTS) is 1. The van der Waals surface area contributed by atoms with E-state index in [0.29, 0.717) is 5.56 Å². The maximum atomic E-state index is 12.4. The molecule has 0 radical (unpaired) electrons. The van der Waals surface area contributed by atoms with Gasteiger partial charge in [0, 0.05) is 5.56 Å². The number of hydrogen-bond acceptors (Lipinski definition) is 3. The van der Waals surface area contributed by atoms with Gasteiger partial charge >= 0.3 is 12.3 Å². The molecule has 0 atom stereocenters. The zero-order chi connectivity index (χ0) is 16.3. The number of halogens is 3. The van der Waals surface area contributed by atoms with Gasteiger partial charge in [-0.25, -0.2) is 4.79 Å². The Kier molecular flexibility index (Phi) is 4.25. The summed E-state index contributed by atoms with van der Waals surface area (Å²) in [4.78, 5) is 11.0. The summed E-state index contributed by atoms with van der Waals surface area (Å²) in [6.45, 7) is 0. The molecule has 0 aliphatic rings. The zero-order valence-electron chi connectivity index (χ0n) is 11.3. The SMILES string of the molecule is COc1cc(-c2ccccc2OC(F)(F)F)ccc1C(=O)O.